The van der Waals surface area contributed by atoms with Gasteiger partial charge in [-0.2, -0.15) is 0 Å². The Morgan fingerprint density at radius 2 is 2.04 bits per heavy atom. The van der Waals surface area contributed by atoms with Crippen molar-refractivity contribution in [1.82, 2.24) is 4.90 Å². The Bertz CT molecular complexity index is 779. The normalized spacial score (nSPS) is 53.9. The zero-order chi connectivity index (χ0) is 19.5. The fraction of sp³-hybridized carbons (Fsp3) is 0.870. The fourth-order valence-corrected chi connectivity index (χ4v) is 9.53. The molecule has 6 aliphatic rings. The summed E-state index contributed by atoms with van der Waals surface area (Å²) in [6.07, 6.45) is 6.89. The second-order valence-electron chi connectivity index (χ2n) is 10.7. The first-order valence-corrected chi connectivity index (χ1v) is 11.3. The highest BCUT2D eigenvalue weighted by molar-refractivity contribution is 5.75. The average molecular weight is 388 g/mol. The Morgan fingerprint density at radius 1 is 1.25 bits per heavy atom. The van der Waals surface area contributed by atoms with Crippen LogP contribution in [0.2, 0.25) is 0 Å². The molecule has 2 saturated carbocycles. The van der Waals surface area contributed by atoms with Crippen molar-refractivity contribution < 1.29 is 19.7 Å². The summed E-state index contributed by atoms with van der Waals surface area (Å²) in [7, 11) is 1.49. The number of piperidine rings is 1. The van der Waals surface area contributed by atoms with E-state index >= 15 is 0 Å². The molecular formula is C23H33NO4. The predicted octanol–water partition coefficient (Wildman–Crippen LogP) is 2.32. The van der Waals surface area contributed by atoms with Crippen molar-refractivity contribution in [2.45, 2.75) is 57.6 Å². The lowest BCUT2D eigenvalue weighted by molar-refractivity contribution is -0.305. The van der Waals surface area contributed by atoms with Gasteiger partial charge in [0.1, 0.15) is 5.72 Å². The van der Waals surface area contributed by atoms with Gasteiger partial charge in [-0.05, 0) is 62.7 Å². The number of nitrogens with zero attached hydrogens (tertiary/aromatic N) is 1. The Hall–Kier alpha value is -0.910. The van der Waals surface area contributed by atoms with E-state index in [0.717, 1.165) is 51.6 Å². The molecular weight excluding hydrogens is 354 g/mol. The third kappa shape index (κ3) is 1.61. The average Bonchev–Trinajstić information content (AvgIpc) is 3.31. The number of hydrogen-bond donors (Lipinski definition) is 2. The maximum atomic E-state index is 12.8. The maximum Gasteiger partial charge on any atom is 0.309 e. The summed E-state index contributed by atoms with van der Waals surface area (Å²) in [5.41, 5.74) is 1.22. The molecule has 0 radical (unpaired) electrons. The lowest BCUT2D eigenvalue weighted by Crippen LogP contribution is -2.75. The Kier molecular flexibility index (Phi) is 3.46. The summed E-state index contributed by atoms with van der Waals surface area (Å²) < 4.78 is 5.25. The molecule has 8 atom stereocenters. The molecule has 2 N–H and O–H groups in total. The second kappa shape index (κ2) is 5.41. The Labute approximate surface area is 167 Å². The molecule has 6 rings (SSSR count). The number of hydrogen-bond acceptors (Lipinski definition) is 5. The number of ether oxygens (including phenoxy) is 1. The smallest absolute Gasteiger partial charge is 0.309 e. The van der Waals surface area contributed by atoms with Crippen LogP contribution < -0.4 is 0 Å². The molecule has 4 fully saturated rings. The van der Waals surface area contributed by atoms with E-state index in [1.807, 2.05) is 0 Å². The van der Waals surface area contributed by atoms with Crippen LogP contribution in [-0.2, 0) is 9.53 Å². The molecule has 0 aromatic heterocycles. The van der Waals surface area contributed by atoms with E-state index in [-0.39, 0.29) is 35.7 Å². The molecule has 1 spiro atoms. The van der Waals surface area contributed by atoms with Gasteiger partial charge in [0.15, 0.2) is 0 Å². The minimum atomic E-state index is -0.916. The number of carbonyl (C=O) groups is 1. The number of rotatable bonds is 2. The molecule has 0 aromatic rings. The molecule has 0 amide bonds. The van der Waals surface area contributed by atoms with Crippen LogP contribution in [0.3, 0.4) is 0 Å². The monoisotopic (exact) mass is 387 g/mol. The van der Waals surface area contributed by atoms with Gasteiger partial charge in [-0.15, -0.1) is 0 Å². The molecule has 2 heterocycles. The lowest BCUT2D eigenvalue weighted by atomic mass is 9.42. The molecule has 154 valence electrons. The van der Waals surface area contributed by atoms with Crippen LogP contribution >= 0.6 is 0 Å². The van der Waals surface area contributed by atoms with Crippen LogP contribution in [0.15, 0.2) is 11.1 Å². The van der Waals surface area contributed by atoms with Gasteiger partial charge in [-0.25, -0.2) is 0 Å². The number of aliphatic hydroxyl groups is 2. The van der Waals surface area contributed by atoms with Gasteiger partial charge in [0, 0.05) is 29.8 Å². The van der Waals surface area contributed by atoms with Gasteiger partial charge in [0.05, 0.1) is 19.6 Å². The van der Waals surface area contributed by atoms with Crippen LogP contribution in [0.1, 0.15) is 51.9 Å². The number of methoxy groups -OCH3 is 1. The highest BCUT2D eigenvalue weighted by Gasteiger charge is 2.81. The molecule has 2 saturated heterocycles. The van der Waals surface area contributed by atoms with Crippen molar-refractivity contribution in [3.8, 4) is 0 Å². The topological polar surface area (TPSA) is 70.0 Å². The standard InChI is InChI=1S/C23H33NO4/c1-13-10-24-11-15-5-3-14-4-6-16-17(20(26)28-2)9-22(19(14)16)21(15,12-25)8-7-18(13)23(22,24)27/h13,15-18,25,27H,3-12H2,1-2H3/t13-,15+,16+,17+,18+,21+,22+,23+/m0/s1. The minimum absolute atomic E-state index is 0.117. The first kappa shape index (κ1) is 17.9. The molecule has 4 aliphatic carbocycles. The highest BCUT2D eigenvalue weighted by Crippen LogP contribution is 2.79. The van der Waals surface area contributed by atoms with E-state index in [9.17, 15) is 15.0 Å². The summed E-state index contributed by atoms with van der Waals surface area (Å²) in [5, 5.41) is 23.6. The third-order valence-electron chi connectivity index (χ3n) is 10.4. The van der Waals surface area contributed by atoms with E-state index in [0.29, 0.717) is 18.3 Å². The minimum Gasteiger partial charge on any atom is -0.469 e. The zero-order valence-corrected chi connectivity index (χ0v) is 17.1. The van der Waals surface area contributed by atoms with Gasteiger partial charge >= 0.3 is 5.97 Å². The van der Waals surface area contributed by atoms with Crippen molar-refractivity contribution in [2.24, 2.45) is 40.4 Å². The lowest BCUT2D eigenvalue weighted by Gasteiger charge is -2.69. The van der Waals surface area contributed by atoms with Crippen LogP contribution in [0, 0.1) is 40.4 Å². The van der Waals surface area contributed by atoms with Gasteiger partial charge in [0.2, 0.25) is 0 Å². The van der Waals surface area contributed by atoms with E-state index < -0.39 is 11.1 Å². The summed E-state index contributed by atoms with van der Waals surface area (Å²) in [6, 6.07) is 0. The zero-order valence-electron chi connectivity index (χ0n) is 17.1. The molecule has 28 heavy (non-hydrogen) atoms. The van der Waals surface area contributed by atoms with Crippen LogP contribution in [0.5, 0.6) is 0 Å². The molecule has 4 bridgehead atoms. The van der Waals surface area contributed by atoms with Crippen molar-refractivity contribution in [3.05, 3.63) is 11.1 Å². The summed E-state index contributed by atoms with van der Waals surface area (Å²) in [5.74, 6) is 1.00. The molecule has 5 heteroatoms. The van der Waals surface area contributed by atoms with Gasteiger partial charge in [-0.1, -0.05) is 18.1 Å². The number of aliphatic hydroxyl groups excluding tert-OH is 1. The maximum absolute atomic E-state index is 12.8. The quantitative estimate of drug-likeness (QED) is 0.562. The summed E-state index contributed by atoms with van der Waals surface area (Å²) in [4.78, 5) is 15.2. The first-order chi connectivity index (χ1) is 13.4. The van der Waals surface area contributed by atoms with Gasteiger partial charge in [-0.3, -0.25) is 9.69 Å². The van der Waals surface area contributed by atoms with Crippen LogP contribution in [0.4, 0.5) is 0 Å². The Morgan fingerprint density at radius 3 is 2.79 bits per heavy atom. The molecule has 0 aromatic carbocycles. The Balaban J connectivity index is 1.66. The van der Waals surface area contributed by atoms with E-state index in [1.165, 1.54) is 18.3 Å². The molecule has 2 aliphatic heterocycles. The summed E-state index contributed by atoms with van der Waals surface area (Å²) >= 11 is 0. The number of carbonyl (C=O) groups excluding carboxylic acids is 1. The third-order valence-corrected chi connectivity index (χ3v) is 10.4. The van der Waals surface area contributed by atoms with Gasteiger partial charge < -0.3 is 14.9 Å². The number of allylic oxidation sites excluding steroid dienone is 1. The highest BCUT2D eigenvalue weighted by atomic mass is 16.5. The first-order valence-electron chi connectivity index (χ1n) is 11.3. The second-order valence-corrected chi connectivity index (χ2v) is 10.7. The largest absolute Gasteiger partial charge is 0.469 e. The van der Waals surface area contributed by atoms with Crippen molar-refractivity contribution in [2.75, 3.05) is 26.8 Å². The predicted molar refractivity (Wildman–Crippen MR) is 103 cm³/mol. The van der Waals surface area contributed by atoms with Crippen molar-refractivity contribution in [1.29, 1.82) is 0 Å². The van der Waals surface area contributed by atoms with Crippen molar-refractivity contribution in [3.63, 3.8) is 0 Å². The van der Waals surface area contributed by atoms with Crippen LogP contribution in [-0.4, -0.2) is 53.6 Å². The SMILES string of the molecule is COC(=O)[C@@H]1C[C@@]23C4=C(CC[C@@H]5CN6C[C@H](C)[C@@H](CC[C@@]52CO)[C@]63O)CC[C@@H]41. The fourth-order valence-electron chi connectivity index (χ4n) is 9.53. The van der Waals surface area contributed by atoms with Gasteiger partial charge in [0.25, 0.3) is 0 Å². The molecule has 5 nitrogen and oxygen atoms in total. The van der Waals surface area contributed by atoms with Crippen molar-refractivity contribution >= 4 is 5.97 Å². The number of esters is 1. The van der Waals surface area contributed by atoms with Crippen LogP contribution in [0.25, 0.3) is 0 Å². The van der Waals surface area contributed by atoms with E-state index in [1.54, 1.807) is 0 Å². The van der Waals surface area contributed by atoms with E-state index in [2.05, 4.69) is 11.8 Å². The van der Waals surface area contributed by atoms with E-state index in [4.69, 9.17) is 4.74 Å². The summed E-state index contributed by atoms with van der Waals surface area (Å²) in [6.45, 7) is 4.26. The molecule has 0 unspecified atom stereocenters.